The van der Waals surface area contributed by atoms with Gasteiger partial charge in [-0.1, -0.05) is 62.7 Å². The summed E-state index contributed by atoms with van der Waals surface area (Å²) in [6.45, 7) is 9.73. The van der Waals surface area contributed by atoms with Crippen LogP contribution in [-0.2, 0) is 5.41 Å². The van der Waals surface area contributed by atoms with Crippen LogP contribution < -0.4 is 5.73 Å². The first-order valence-corrected chi connectivity index (χ1v) is 7.87. The highest BCUT2D eigenvalue weighted by Gasteiger charge is 2.29. The second-order valence-corrected chi connectivity index (χ2v) is 7.27. The van der Waals surface area contributed by atoms with Crippen LogP contribution in [0.5, 0.6) is 0 Å². The van der Waals surface area contributed by atoms with Crippen molar-refractivity contribution in [3.8, 4) is 11.1 Å². The summed E-state index contributed by atoms with van der Waals surface area (Å²) >= 11 is 0. The zero-order chi connectivity index (χ0) is 15.2. The van der Waals surface area contributed by atoms with Crippen LogP contribution in [0.3, 0.4) is 0 Å². The van der Waals surface area contributed by atoms with Gasteiger partial charge in [0.1, 0.15) is 0 Å². The van der Waals surface area contributed by atoms with E-state index in [0.717, 1.165) is 13.0 Å². The van der Waals surface area contributed by atoms with Gasteiger partial charge < -0.3 is 5.73 Å². The molecule has 0 saturated heterocycles. The van der Waals surface area contributed by atoms with Crippen molar-refractivity contribution in [3.63, 3.8) is 0 Å². The fourth-order valence-corrected chi connectivity index (χ4v) is 3.42. The topological polar surface area (TPSA) is 26.0 Å². The van der Waals surface area contributed by atoms with Crippen LogP contribution in [0.25, 0.3) is 11.1 Å². The highest BCUT2D eigenvalue weighted by atomic mass is 14.5. The highest BCUT2D eigenvalue weighted by molar-refractivity contribution is 5.79. The first-order chi connectivity index (χ1) is 9.91. The van der Waals surface area contributed by atoms with Crippen molar-refractivity contribution >= 4 is 0 Å². The summed E-state index contributed by atoms with van der Waals surface area (Å²) in [4.78, 5) is 0. The summed E-state index contributed by atoms with van der Waals surface area (Å²) < 4.78 is 0. The van der Waals surface area contributed by atoms with E-state index >= 15 is 0 Å². The zero-order valence-corrected chi connectivity index (χ0v) is 13.5. The molecule has 3 rings (SSSR count). The van der Waals surface area contributed by atoms with Gasteiger partial charge in [0.15, 0.2) is 0 Å². The summed E-state index contributed by atoms with van der Waals surface area (Å²) in [7, 11) is 0. The number of nitrogens with two attached hydrogens (primary N) is 1. The largest absolute Gasteiger partial charge is 0.330 e. The fraction of sp³-hybridized carbons (Fsp3) is 0.400. The molecule has 0 aliphatic heterocycles. The number of aryl methyl sites for hydroxylation is 1. The maximum Gasteiger partial charge on any atom is 0.0114 e. The molecule has 0 spiro atoms. The van der Waals surface area contributed by atoms with E-state index in [-0.39, 0.29) is 5.41 Å². The molecule has 0 aromatic heterocycles. The van der Waals surface area contributed by atoms with Crippen molar-refractivity contribution < 1.29 is 0 Å². The molecule has 1 atom stereocenters. The third-order valence-corrected chi connectivity index (χ3v) is 4.62. The van der Waals surface area contributed by atoms with E-state index in [4.69, 9.17) is 5.73 Å². The van der Waals surface area contributed by atoms with Crippen LogP contribution in [0.15, 0.2) is 36.4 Å². The molecule has 1 nitrogen and oxygen atoms in total. The molecule has 0 amide bonds. The third kappa shape index (κ3) is 2.40. The van der Waals surface area contributed by atoms with E-state index in [1.54, 1.807) is 0 Å². The number of rotatable bonds is 2. The van der Waals surface area contributed by atoms with E-state index in [2.05, 4.69) is 64.1 Å². The van der Waals surface area contributed by atoms with Crippen molar-refractivity contribution in [2.24, 2.45) is 5.73 Å². The minimum Gasteiger partial charge on any atom is -0.330 e. The lowest BCUT2D eigenvalue weighted by Crippen LogP contribution is -2.12. The second-order valence-electron chi connectivity index (χ2n) is 7.27. The predicted molar refractivity (Wildman–Crippen MR) is 90.8 cm³/mol. The molecule has 0 saturated carbocycles. The minimum absolute atomic E-state index is 0.187. The van der Waals surface area contributed by atoms with Crippen LogP contribution in [-0.4, -0.2) is 6.54 Å². The summed E-state index contributed by atoms with van der Waals surface area (Å²) in [5.41, 5.74) is 14.5. The number of fused-ring (bicyclic) bond motifs is 3. The standard InChI is InChI=1S/C20H25N/c1-13-5-7-15-16-8-6-14(20(2,3)4)12-19(16)17(9-10-21)18(15)11-13/h5-8,11-12,17H,9-10,21H2,1-4H3. The summed E-state index contributed by atoms with van der Waals surface area (Å²) in [6.07, 6.45) is 1.02. The van der Waals surface area contributed by atoms with Crippen molar-refractivity contribution in [2.75, 3.05) is 6.54 Å². The van der Waals surface area contributed by atoms with Gasteiger partial charge in [0.2, 0.25) is 0 Å². The second kappa shape index (κ2) is 4.99. The maximum absolute atomic E-state index is 5.88. The molecular weight excluding hydrogens is 254 g/mol. The Morgan fingerprint density at radius 1 is 0.952 bits per heavy atom. The van der Waals surface area contributed by atoms with E-state index in [1.165, 1.54) is 33.4 Å². The van der Waals surface area contributed by atoms with Gasteiger partial charge in [-0.05, 0) is 53.1 Å². The highest BCUT2D eigenvalue weighted by Crippen LogP contribution is 2.47. The Balaban J connectivity index is 2.18. The first-order valence-electron chi connectivity index (χ1n) is 7.87. The van der Waals surface area contributed by atoms with Crippen molar-refractivity contribution in [3.05, 3.63) is 58.7 Å². The average Bonchev–Trinajstić information content (AvgIpc) is 2.72. The molecule has 1 heteroatoms. The van der Waals surface area contributed by atoms with Crippen LogP contribution in [0.2, 0.25) is 0 Å². The average molecular weight is 279 g/mol. The fourth-order valence-electron chi connectivity index (χ4n) is 3.42. The maximum atomic E-state index is 5.88. The summed E-state index contributed by atoms with van der Waals surface area (Å²) in [5, 5.41) is 0. The Morgan fingerprint density at radius 3 is 2.19 bits per heavy atom. The first kappa shape index (κ1) is 14.3. The van der Waals surface area contributed by atoms with Crippen molar-refractivity contribution in [1.82, 2.24) is 0 Å². The Hall–Kier alpha value is -1.60. The molecule has 0 fully saturated rings. The zero-order valence-electron chi connectivity index (χ0n) is 13.5. The van der Waals surface area contributed by atoms with Gasteiger partial charge in [-0.25, -0.2) is 0 Å². The quantitative estimate of drug-likeness (QED) is 0.843. The van der Waals surface area contributed by atoms with Gasteiger partial charge in [-0.3, -0.25) is 0 Å². The van der Waals surface area contributed by atoms with Gasteiger partial charge >= 0.3 is 0 Å². The Bertz CT molecular complexity index is 677. The molecule has 1 aliphatic carbocycles. The summed E-state index contributed by atoms with van der Waals surface area (Å²) in [6, 6.07) is 13.8. The van der Waals surface area contributed by atoms with Gasteiger partial charge in [-0.15, -0.1) is 0 Å². The van der Waals surface area contributed by atoms with Crippen molar-refractivity contribution in [1.29, 1.82) is 0 Å². The SMILES string of the molecule is Cc1ccc2c(c1)C(CCN)c1cc(C(C)(C)C)ccc1-2. The van der Waals surface area contributed by atoms with E-state index < -0.39 is 0 Å². The van der Waals surface area contributed by atoms with E-state index in [1.807, 2.05) is 0 Å². The van der Waals surface area contributed by atoms with Gasteiger partial charge in [0.05, 0.1) is 0 Å². The minimum atomic E-state index is 0.187. The number of hydrogen-bond donors (Lipinski definition) is 1. The monoisotopic (exact) mass is 279 g/mol. The molecule has 0 heterocycles. The Morgan fingerprint density at radius 2 is 1.57 bits per heavy atom. The van der Waals surface area contributed by atoms with E-state index in [0.29, 0.717) is 5.92 Å². The molecule has 1 aliphatic rings. The predicted octanol–water partition coefficient (Wildman–Crippen LogP) is 4.75. The Labute approximate surface area is 128 Å². The lowest BCUT2D eigenvalue weighted by Gasteiger charge is -2.21. The smallest absolute Gasteiger partial charge is 0.0114 e. The molecule has 2 aromatic rings. The molecule has 0 bridgehead atoms. The van der Waals surface area contributed by atoms with Crippen molar-refractivity contribution in [2.45, 2.75) is 45.4 Å². The lowest BCUT2D eigenvalue weighted by atomic mass is 9.83. The number of hydrogen-bond acceptors (Lipinski definition) is 1. The molecule has 21 heavy (non-hydrogen) atoms. The van der Waals surface area contributed by atoms with Gasteiger partial charge in [-0.2, -0.15) is 0 Å². The normalized spacial score (nSPS) is 16.7. The molecule has 2 N–H and O–H groups in total. The number of benzene rings is 2. The van der Waals surface area contributed by atoms with Crippen LogP contribution in [0.1, 0.15) is 55.4 Å². The van der Waals surface area contributed by atoms with Gasteiger partial charge in [0, 0.05) is 5.92 Å². The molecule has 0 radical (unpaired) electrons. The molecule has 110 valence electrons. The third-order valence-electron chi connectivity index (χ3n) is 4.62. The molecule has 2 aromatic carbocycles. The lowest BCUT2D eigenvalue weighted by molar-refractivity contribution is 0.588. The summed E-state index contributed by atoms with van der Waals surface area (Å²) in [5.74, 6) is 0.460. The van der Waals surface area contributed by atoms with Crippen LogP contribution in [0.4, 0.5) is 0 Å². The Kier molecular flexibility index (Phi) is 3.41. The van der Waals surface area contributed by atoms with Gasteiger partial charge in [0.25, 0.3) is 0 Å². The molecular formula is C20H25N. The molecule has 1 unspecified atom stereocenters. The van der Waals surface area contributed by atoms with Crippen LogP contribution in [0, 0.1) is 6.92 Å². The van der Waals surface area contributed by atoms with E-state index in [9.17, 15) is 0 Å². The van der Waals surface area contributed by atoms with Crippen LogP contribution >= 0.6 is 0 Å².